The molecule has 0 spiro atoms. The Morgan fingerprint density at radius 2 is 2.31 bits per heavy atom. The van der Waals surface area contributed by atoms with Gasteiger partial charge < -0.3 is 4.74 Å². The average molecular weight is 193 g/mol. The fraction of sp³-hybridized carbons (Fsp3) is 0.111. The van der Waals surface area contributed by atoms with Crippen LogP contribution in [-0.2, 0) is 4.74 Å². The van der Waals surface area contributed by atoms with Crippen molar-refractivity contribution in [2.24, 2.45) is 0 Å². The van der Waals surface area contributed by atoms with Gasteiger partial charge in [0.25, 0.3) is 0 Å². The summed E-state index contributed by atoms with van der Waals surface area (Å²) in [5.74, 6) is -0.484. The summed E-state index contributed by atoms with van der Waals surface area (Å²) in [7, 11) is 1.29. The molecule has 0 atom stereocenters. The van der Waals surface area contributed by atoms with Gasteiger partial charge in [0.1, 0.15) is 0 Å². The molecule has 0 aliphatic carbocycles. The van der Waals surface area contributed by atoms with Crippen LogP contribution in [0.4, 0.5) is 0 Å². The summed E-state index contributed by atoms with van der Waals surface area (Å²) in [4.78, 5) is 11.6. The van der Waals surface area contributed by atoms with E-state index in [0.717, 1.165) is 0 Å². The highest BCUT2D eigenvalue weighted by atomic mass is 32.1. The molecule has 0 unspecified atom stereocenters. The summed E-state index contributed by atoms with van der Waals surface area (Å²) in [6.07, 6.45) is 0. The lowest BCUT2D eigenvalue weighted by atomic mass is 10.1. The Hall–Kier alpha value is -1.47. The molecule has 13 heavy (non-hydrogen) atoms. The van der Waals surface area contributed by atoms with Gasteiger partial charge in [-0.05, 0) is 18.2 Å². The maximum Gasteiger partial charge on any atom is 0.339 e. The largest absolute Gasteiger partial charge is 0.465 e. The van der Waals surface area contributed by atoms with Gasteiger partial charge in [0, 0.05) is 4.90 Å². The van der Waals surface area contributed by atoms with Crippen molar-refractivity contribution in [1.82, 2.24) is 0 Å². The van der Waals surface area contributed by atoms with Crippen LogP contribution in [0.25, 0.3) is 0 Å². The monoisotopic (exact) mass is 193 g/mol. The number of rotatable bonds is 1. The summed E-state index contributed by atoms with van der Waals surface area (Å²) in [5, 5.41) is 8.58. The van der Waals surface area contributed by atoms with E-state index < -0.39 is 5.97 Å². The van der Waals surface area contributed by atoms with Crippen molar-refractivity contribution in [3.05, 3.63) is 29.3 Å². The van der Waals surface area contributed by atoms with E-state index in [9.17, 15) is 4.79 Å². The summed E-state index contributed by atoms with van der Waals surface area (Å²) < 4.78 is 4.52. The average Bonchev–Trinajstić information content (AvgIpc) is 2.17. The molecule has 1 rings (SSSR count). The molecule has 0 fully saturated rings. The fourth-order valence-electron chi connectivity index (χ4n) is 0.879. The molecule has 0 bridgehead atoms. The predicted octanol–water partition coefficient (Wildman–Crippen LogP) is 1.63. The van der Waals surface area contributed by atoms with Crippen molar-refractivity contribution in [3.63, 3.8) is 0 Å². The Balaban J connectivity index is 3.20. The highest BCUT2D eigenvalue weighted by Gasteiger charge is 2.09. The molecule has 66 valence electrons. The Kier molecular flexibility index (Phi) is 2.93. The highest BCUT2D eigenvalue weighted by Crippen LogP contribution is 2.16. The van der Waals surface area contributed by atoms with Gasteiger partial charge in [-0.25, -0.2) is 4.79 Å². The number of benzene rings is 1. The summed E-state index contributed by atoms with van der Waals surface area (Å²) in [5.41, 5.74) is 0.725. The van der Waals surface area contributed by atoms with Crippen LogP contribution >= 0.6 is 12.6 Å². The summed E-state index contributed by atoms with van der Waals surface area (Å²) in [6, 6.07) is 6.57. The molecule has 0 radical (unpaired) electrons. The minimum atomic E-state index is -0.484. The highest BCUT2D eigenvalue weighted by molar-refractivity contribution is 7.80. The smallest absolute Gasteiger partial charge is 0.339 e. The number of thiol groups is 1. The van der Waals surface area contributed by atoms with Gasteiger partial charge in [0.2, 0.25) is 0 Å². The molecule has 1 aromatic rings. The molecule has 4 heteroatoms. The van der Waals surface area contributed by atoms with Crippen LogP contribution in [-0.4, -0.2) is 13.1 Å². The Labute approximate surface area is 81.3 Å². The number of carbonyl (C=O) groups excluding carboxylic acids is 1. The molecule has 0 aliphatic rings. The lowest BCUT2D eigenvalue weighted by Gasteiger charge is -2.02. The molecular formula is C9H7NO2S. The molecule has 3 nitrogen and oxygen atoms in total. The van der Waals surface area contributed by atoms with Gasteiger partial charge in [-0.3, -0.25) is 0 Å². The third-order valence-corrected chi connectivity index (χ3v) is 1.92. The molecule has 0 aliphatic heterocycles. The maximum atomic E-state index is 11.1. The normalized spacial score (nSPS) is 9.00. The minimum Gasteiger partial charge on any atom is -0.465 e. The second-order valence-corrected chi connectivity index (χ2v) is 2.82. The van der Waals surface area contributed by atoms with Gasteiger partial charge in [-0.2, -0.15) is 5.26 Å². The zero-order valence-electron chi connectivity index (χ0n) is 6.94. The van der Waals surface area contributed by atoms with E-state index in [-0.39, 0.29) is 0 Å². The van der Waals surface area contributed by atoms with Crippen molar-refractivity contribution in [3.8, 4) is 6.07 Å². The van der Waals surface area contributed by atoms with Crippen LogP contribution in [0.1, 0.15) is 15.9 Å². The third-order valence-electron chi connectivity index (χ3n) is 1.53. The molecule has 0 saturated carbocycles. The topological polar surface area (TPSA) is 50.1 Å². The number of ether oxygens (including phenoxy) is 1. The van der Waals surface area contributed by atoms with E-state index in [1.807, 2.05) is 6.07 Å². The van der Waals surface area contributed by atoms with E-state index in [0.29, 0.717) is 16.0 Å². The standard InChI is InChI=1S/C9H7NO2S/c1-12-9(11)7-4-6(5-10)2-3-8(7)13/h2-4,13H,1H3. The molecular weight excluding hydrogens is 186 g/mol. The lowest BCUT2D eigenvalue weighted by Crippen LogP contribution is -2.02. The molecule has 1 aromatic carbocycles. The van der Waals surface area contributed by atoms with E-state index in [2.05, 4.69) is 17.4 Å². The van der Waals surface area contributed by atoms with E-state index in [4.69, 9.17) is 5.26 Å². The van der Waals surface area contributed by atoms with Gasteiger partial charge in [-0.1, -0.05) is 0 Å². The first-order chi connectivity index (χ1) is 6.19. The summed E-state index contributed by atoms with van der Waals surface area (Å²) >= 11 is 4.07. The first-order valence-corrected chi connectivity index (χ1v) is 3.95. The van der Waals surface area contributed by atoms with E-state index in [1.165, 1.54) is 13.2 Å². The predicted molar refractivity (Wildman–Crippen MR) is 49.7 cm³/mol. The molecule has 0 heterocycles. The third kappa shape index (κ3) is 2.01. The molecule has 0 saturated heterocycles. The van der Waals surface area contributed by atoms with E-state index in [1.54, 1.807) is 12.1 Å². The maximum absolute atomic E-state index is 11.1. The number of esters is 1. The molecule has 0 aromatic heterocycles. The SMILES string of the molecule is COC(=O)c1cc(C#N)ccc1S. The number of carbonyl (C=O) groups is 1. The Bertz CT molecular complexity index is 382. The van der Waals surface area contributed by atoms with Crippen molar-refractivity contribution in [2.75, 3.05) is 7.11 Å². The zero-order chi connectivity index (χ0) is 9.84. The van der Waals surface area contributed by atoms with Gasteiger partial charge in [0.15, 0.2) is 0 Å². The summed E-state index contributed by atoms with van der Waals surface area (Å²) in [6.45, 7) is 0. The number of methoxy groups -OCH3 is 1. The van der Waals surface area contributed by atoms with Crippen LogP contribution < -0.4 is 0 Å². The van der Waals surface area contributed by atoms with Gasteiger partial charge >= 0.3 is 5.97 Å². The first-order valence-electron chi connectivity index (χ1n) is 3.50. The van der Waals surface area contributed by atoms with Crippen molar-refractivity contribution >= 4 is 18.6 Å². The first kappa shape index (κ1) is 9.62. The van der Waals surface area contributed by atoms with Crippen LogP contribution in [0.3, 0.4) is 0 Å². The van der Waals surface area contributed by atoms with Crippen molar-refractivity contribution < 1.29 is 9.53 Å². The van der Waals surface area contributed by atoms with E-state index >= 15 is 0 Å². The number of nitrogens with zero attached hydrogens (tertiary/aromatic N) is 1. The minimum absolute atomic E-state index is 0.310. The van der Waals surface area contributed by atoms with Crippen LogP contribution in [0.5, 0.6) is 0 Å². The quantitative estimate of drug-likeness (QED) is 0.544. The van der Waals surface area contributed by atoms with Crippen LogP contribution in [0.2, 0.25) is 0 Å². The molecule has 0 amide bonds. The second-order valence-electron chi connectivity index (χ2n) is 2.34. The molecule has 0 N–H and O–H groups in total. The van der Waals surface area contributed by atoms with Gasteiger partial charge in [-0.15, -0.1) is 12.6 Å². The Morgan fingerprint density at radius 3 is 2.85 bits per heavy atom. The van der Waals surface area contributed by atoms with Gasteiger partial charge in [0.05, 0.1) is 24.3 Å². The number of hydrogen-bond acceptors (Lipinski definition) is 4. The number of hydrogen-bond donors (Lipinski definition) is 1. The van der Waals surface area contributed by atoms with Crippen molar-refractivity contribution in [2.45, 2.75) is 4.90 Å². The fourth-order valence-corrected chi connectivity index (χ4v) is 1.11. The van der Waals surface area contributed by atoms with Crippen molar-refractivity contribution in [1.29, 1.82) is 5.26 Å². The Morgan fingerprint density at radius 1 is 1.62 bits per heavy atom. The number of nitriles is 1. The van der Waals surface area contributed by atoms with Crippen LogP contribution in [0, 0.1) is 11.3 Å². The lowest BCUT2D eigenvalue weighted by molar-refractivity contribution is 0.0597. The zero-order valence-corrected chi connectivity index (χ0v) is 7.84. The second kappa shape index (κ2) is 3.97. The van der Waals surface area contributed by atoms with Crippen LogP contribution in [0.15, 0.2) is 23.1 Å².